The van der Waals surface area contributed by atoms with Crippen LogP contribution in [0.4, 0.5) is 25.2 Å². The van der Waals surface area contributed by atoms with Crippen molar-refractivity contribution in [3.8, 4) is 0 Å². The third-order valence-corrected chi connectivity index (χ3v) is 11.1. The van der Waals surface area contributed by atoms with E-state index < -0.39 is 15.8 Å². The Balaban J connectivity index is 1.29. The lowest BCUT2D eigenvalue weighted by Gasteiger charge is -2.42. The summed E-state index contributed by atoms with van der Waals surface area (Å²) < 4.78 is 61.0. The van der Waals surface area contributed by atoms with Gasteiger partial charge in [-0.3, -0.25) is 4.90 Å². The van der Waals surface area contributed by atoms with Crippen molar-refractivity contribution in [1.82, 2.24) is 19.8 Å². The average molecular weight is 633 g/mol. The Morgan fingerprint density at radius 3 is 2.61 bits per heavy atom. The molecule has 13 heteroatoms. The molecular formula is C31H42F2N6O4S. The highest BCUT2D eigenvalue weighted by molar-refractivity contribution is 7.91. The van der Waals surface area contributed by atoms with Crippen LogP contribution >= 0.6 is 0 Å². The number of aromatic nitrogens is 2. The molecule has 7 rings (SSSR count). The summed E-state index contributed by atoms with van der Waals surface area (Å²) in [5.41, 5.74) is 1.45. The average Bonchev–Trinajstić information content (AvgIpc) is 2.97. The van der Waals surface area contributed by atoms with Gasteiger partial charge in [0, 0.05) is 56.9 Å². The van der Waals surface area contributed by atoms with E-state index in [1.807, 2.05) is 13.0 Å². The Labute approximate surface area is 258 Å². The van der Waals surface area contributed by atoms with Crippen LogP contribution < -0.4 is 10.2 Å². The van der Waals surface area contributed by atoms with Gasteiger partial charge in [-0.2, -0.15) is 0 Å². The predicted octanol–water partition coefficient (Wildman–Crippen LogP) is 4.58. The Bertz CT molecular complexity index is 1440. The second kappa shape index (κ2) is 12.8. The Kier molecular flexibility index (Phi) is 9.07. The zero-order valence-corrected chi connectivity index (χ0v) is 26.1. The minimum absolute atomic E-state index is 0.0151. The minimum atomic E-state index is -3.10. The molecule has 5 aliphatic rings. The Hall–Kier alpha value is -2.90. The number of halogens is 2. The van der Waals surface area contributed by atoms with E-state index in [1.165, 1.54) is 12.4 Å². The number of alkyl halides is 2. The van der Waals surface area contributed by atoms with Crippen molar-refractivity contribution in [3.05, 3.63) is 47.3 Å². The van der Waals surface area contributed by atoms with Crippen molar-refractivity contribution in [2.75, 3.05) is 61.1 Å². The van der Waals surface area contributed by atoms with E-state index in [9.17, 15) is 13.2 Å². The first-order valence-electron chi connectivity index (χ1n) is 15.8. The van der Waals surface area contributed by atoms with Crippen LogP contribution in [0.1, 0.15) is 68.2 Å². The molecule has 1 atom stereocenters. The highest BCUT2D eigenvalue weighted by Crippen LogP contribution is 2.39. The van der Waals surface area contributed by atoms with Gasteiger partial charge < -0.3 is 19.9 Å². The standard InChI is InChI=1S/C31H42F2N6O4S/c1-22-24-6-4-7-25(16-24)31(32,33)17-23-18-37(19-23)10-2-3-12-43-13-5-11-38-29-27(28(36-22)34-21-35-29)20-39(30(38)40)26-8-14-44(41,42)15-9-26/h4,6-7,16,21-23,26H,2-3,5,8-15,17-20H2,1H3,(H,34,35,36)/t22-/m1/s1. The number of hydrogen-bond donors (Lipinski definition) is 1. The molecule has 0 aliphatic carbocycles. The monoisotopic (exact) mass is 632 g/mol. The quantitative estimate of drug-likeness (QED) is 0.487. The molecule has 0 saturated carbocycles. The maximum absolute atomic E-state index is 15.4. The van der Waals surface area contributed by atoms with Crippen LogP contribution in [-0.4, -0.2) is 91.2 Å². The molecule has 8 bridgehead atoms. The molecular weight excluding hydrogens is 590 g/mol. The molecule has 0 radical (unpaired) electrons. The van der Waals surface area contributed by atoms with Crippen LogP contribution in [-0.2, 0) is 27.0 Å². The van der Waals surface area contributed by atoms with Crippen molar-refractivity contribution in [1.29, 1.82) is 0 Å². The fraction of sp³-hybridized carbons (Fsp3) is 0.645. The van der Waals surface area contributed by atoms with Gasteiger partial charge in [0.1, 0.15) is 27.8 Å². The van der Waals surface area contributed by atoms with E-state index in [4.69, 9.17) is 4.74 Å². The summed E-state index contributed by atoms with van der Waals surface area (Å²) in [7, 11) is -3.10. The zero-order valence-electron chi connectivity index (χ0n) is 25.3. The molecule has 5 aliphatic heterocycles. The van der Waals surface area contributed by atoms with Crippen LogP contribution in [0, 0.1) is 5.92 Å². The van der Waals surface area contributed by atoms with E-state index >= 15 is 8.78 Å². The molecule has 44 heavy (non-hydrogen) atoms. The Morgan fingerprint density at radius 1 is 1.05 bits per heavy atom. The summed E-state index contributed by atoms with van der Waals surface area (Å²) in [6.45, 7) is 5.90. The van der Waals surface area contributed by atoms with Crippen LogP contribution in [0.3, 0.4) is 0 Å². The SMILES string of the molecule is C[C@H]1Nc2ncnc3c2CN(C2CCS(=O)(=O)CC2)C(=O)N3CCCOCCCCN2CC(C2)CC(F)(F)c2cccc1c2. The van der Waals surface area contributed by atoms with Gasteiger partial charge in [-0.05, 0) is 63.1 Å². The summed E-state index contributed by atoms with van der Waals surface area (Å²) in [5.74, 6) is -1.82. The second-order valence-electron chi connectivity index (χ2n) is 12.7. The van der Waals surface area contributed by atoms with Crippen LogP contribution in [0.5, 0.6) is 0 Å². The predicted molar refractivity (Wildman–Crippen MR) is 164 cm³/mol. The number of rotatable bonds is 1. The Morgan fingerprint density at radius 2 is 1.82 bits per heavy atom. The molecule has 2 amide bonds. The van der Waals surface area contributed by atoms with Crippen molar-refractivity contribution in [3.63, 3.8) is 0 Å². The number of urea groups is 1. The number of ether oxygens (including phenoxy) is 1. The molecule has 6 heterocycles. The number of benzene rings is 1. The number of nitrogens with one attached hydrogen (secondary N) is 1. The number of anilines is 2. The van der Waals surface area contributed by atoms with Crippen molar-refractivity contribution < 1.29 is 26.7 Å². The fourth-order valence-electron chi connectivity index (χ4n) is 6.82. The van der Waals surface area contributed by atoms with Gasteiger partial charge in [-0.15, -0.1) is 0 Å². The van der Waals surface area contributed by atoms with Gasteiger partial charge in [-0.1, -0.05) is 18.2 Å². The van der Waals surface area contributed by atoms with Gasteiger partial charge in [0.2, 0.25) is 0 Å². The molecule has 1 aromatic heterocycles. The molecule has 2 saturated heterocycles. The van der Waals surface area contributed by atoms with E-state index in [2.05, 4.69) is 20.2 Å². The van der Waals surface area contributed by atoms with E-state index in [0.717, 1.165) is 24.9 Å². The first-order chi connectivity index (χ1) is 21.1. The zero-order chi connectivity index (χ0) is 30.9. The third kappa shape index (κ3) is 6.84. The molecule has 240 valence electrons. The highest BCUT2D eigenvalue weighted by Gasteiger charge is 2.41. The topological polar surface area (TPSA) is 108 Å². The number of carbonyl (C=O) groups excluding carboxylic acids is 1. The summed E-state index contributed by atoms with van der Waals surface area (Å²) in [6, 6.07) is 5.83. The van der Waals surface area contributed by atoms with Gasteiger partial charge in [0.15, 0.2) is 0 Å². The molecule has 10 nitrogen and oxygen atoms in total. The van der Waals surface area contributed by atoms with Gasteiger partial charge in [0.05, 0.1) is 23.6 Å². The van der Waals surface area contributed by atoms with Crippen molar-refractivity contribution in [2.24, 2.45) is 5.92 Å². The normalized spacial score (nSPS) is 28.2. The first kappa shape index (κ1) is 31.1. The number of sulfone groups is 1. The number of carbonyl (C=O) groups is 1. The number of hydrogen-bond acceptors (Lipinski definition) is 8. The van der Waals surface area contributed by atoms with Crippen LogP contribution in [0.25, 0.3) is 0 Å². The maximum Gasteiger partial charge on any atom is 0.326 e. The molecule has 0 spiro atoms. The van der Waals surface area contributed by atoms with Crippen LogP contribution in [0.2, 0.25) is 0 Å². The summed E-state index contributed by atoms with van der Waals surface area (Å²) in [5, 5.41) is 3.41. The summed E-state index contributed by atoms with van der Waals surface area (Å²) in [4.78, 5) is 28.5. The van der Waals surface area contributed by atoms with Crippen LogP contribution in [0.15, 0.2) is 30.6 Å². The maximum atomic E-state index is 15.4. The van der Waals surface area contributed by atoms with Gasteiger partial charge in [0.25, 0.3) is 5.92 Å². The van der Waals surface area contributed by atoms with Crippen molar-refractivity contribution >= 4 is 27.5 Å². The third-order valence-electron chi connectivity index (χ3n) is 9.37. The first-order valence-corrected chi connectivity index (χ1v) is 17.6. The fourth-order valence-corrected chi connectivity index (χ4v) is 8.29. The molecule has 2 aromatic rings. The number of nitrogens with zero attached hydrogens (tertiary/aromatic N) is 5. The lowest BCUT2D eigenvalue weighted by atomic mass is 9.89. The summed E-state index contributed by atoms with van der Waals surface area (Å²) >= 11 is 0. The number of fused-ring (bicyclic) bond motifs is 9. The molecule has 2 fully saturated rings. The smallest absolute Gasteiger partial charge is 0.326 e. The largest absolute Gasteiger partial charge is 0.381 e. The second-order valence-corrected chi connectivity index (χ2v) is 15.0. The molecule has 0 unspecified atom stereocenters. The minimum Gasteiger partial charge on any atom is -0.381 e. The van der Waals surface area contributed by atoms with Gasteiger partial charge in [-0.25, -0.2) is 32.0 Å². The number of amides is 2. The lowest BCUT2D eigenvalue weighted by molar-refractivity contribution is -0.0570. The van der Waals surface area contributed by atoms with Crippen molar-refractivity contribution in [2.45, 2.75) is 70.0 Å². The summed E-state index contributed by atoms with van der Waals surface area (Å²) in [6.07, 6.45) is 4.46. The molecule has 1 N–H and O–H groups in total. The lowest BCUT2D eigenvalue weighted by Crippen LogP contribution is -2.54. The van der Waals surface area contributed by atoms with E-state index in [1.54, 1.807) is 21.9 Å². The highest BCUT2D eigenvalue weighted by atomic mass is 32.2. The van der Waals surface area contributed by atoms with E-state index in [-0.39, 0.29) is 54.1 Å². The van der Waals surface area contributed by atoms with E-state index in [0.29, 0.717) is 69.3 Å². The van der Waals surface area contributed by atoms with Gasteiger partial charge >= 0.3 is 6.03 Å². The molecule has 1 aromatic carbocycles.